The molecule has 0 saturated carbocycles. The molecule has 3 heterocycles. The Morgan fingerprint density at radius 2 is 2.47 bits per heavy atom. The number of rotatable bonds is 2. The monoisotopic (exact) mass is 293 g/mol. The van der Waals surface area contributed by atoms with E-state index < -0.39 is 0 Å². The molecule has 1 unspecified atom stereocenters. The standard InChI is InChI=1S/C12H12BrN3O/c13-10-4-11(17)16(7-10)6-8-3-9-1-2-14-12(9)15-5-8/h1-3,5,10H,4,6-7H2,(H,14,15). The second-order valence-corrected chi connectivity index (χ2v) is 5.63. The number of halogens is 1. The zero-order valence-electron chi connectivity index (χ0n) is 9.19. The Hall–Kier alpha value is -1.36. The molecule has 3 rings (SSSR count). The fourth-order valence-corrected chi connectivity index (χ4v) is 2.80. The Bertz CT molecular complexity index is 566. The Morgan fingerprint density at radius 3 is 3.24 bits per heavy atom. The predicted octanol–water partition coefficient (Wildman–Crippen LogP) is 2.06. The normalized spacial score (nSPS) is 20.4. The van der Waals surface area contributed by atoms with Gasteiger partial charge < -0.3 is 9.88 Å². The highest BCUT2D eigenvalue weighted by molar-refractivity contribution is 9.09. The van der Waals surface area contributed by atoms with E-state index in [1.54, 1.807) is 0 Å². The van der Waals surface area contributed by atoms with Gasteiger partial charge >= 0.3 is 0 Å². The van der Waals surface area contributed by atoms with Crippen molar-refractivity contribution in [3.63, 3.8) is 0 Å². The van der Waals surface area contributed by atoms with Crippen LogP contribution < -0.4 is 0 Å². The van der Waals surface area contributed by atoms with E-state index in [2.05, 4.69) is 32.0 Å². The number of pyridine rings is 1. The molecule has 0 spiro atoms. The minimum absolute atomic E-state index is 0.209. The van der Waals surface area contributed by atoms with Gasteiger partial charge in [-0.15, -0.1) is 0 Å². The number of hydrogen-bond acceptors (Lipinski definition) is 2. The van der Waals surface area contributed by atoms with Gasteiger partial charge in [0.2, 0.25) is 5.91 Å². The first-order valence-corrected chi connectivity index (χ1v) is 6.48. The fraction of sp³-hybridized carbons (Fsp3) is 0.333. The summed E-state index contributed by atoms with van der Waals surface area (Å²) >= 11 is 3.48. The van der Waals surface area contributed by atoms with Crippen molar-refractivity contribution < 1.29 is 4.79 Å². The number of H-pyrrole nitrogens is 1. The van der Waals surface area contributed by atoms with E-state index in [4.69, 9.17) is 0 Å². The first-order chi connectivity index (χ1) is 8.22. The second-order valence-electron chi connectivity index (χ2n) is 4.33. The first-order valence-electron chi connectivity index (χ1n) is 5.56. The molecule has 1 aliphatic rings. The van der Waals surface area contributed by atoms with Crippen molar-refractivity contribution in [1.82, 2.24) is 14.9 Å². The van der Waals surface area contributed by atoms with Crippen LogP contribution in [-0.4, -0.2) is 32.1 Å². The third-order valence-electron chi connectivity index (χ3n) is 3.00. The SMILES string of the molecule is O=C1CC(Br)CN1Cc1cnc2[nH]ccc2c1. The Morgan fingerprint density at radius 1 is 1.59 bits per heavy atom. The van der Waals surface area contributed by atoms with Gasteiger partial charge in [0.05, 0.1) is 0 Å². The van der Waals surface area contributed by atoms with E-state index in [9.17, 15) is 4.79 Å². The lowest BCUT2D eigenvalue weighted by atomic mass is 10.2. The molecular weight excluding hydrogens is 282 g/mol. The molecule has 0 bridgehead atoms. The van der Waals surface area contributed by atoms with Crippen molar-refractivity contribution in [2.24, 2.45) is 0 Å². The third kappa shape index (κ3) is 2.07. The molecule has 2 aromatic rings. The fourth-order valence-electron chi connectivity index (χ4n) is 2.17. The lowest BCUT2D eigenvalue weighted by Crippen LogP contribution is -2.24. The molecule has 88 valence electrons. The summed E-state index contributed by atoms with van der Waals surface area (Å²) in [5.41, 5.74) is 1.96. The van der Waals surface area contributed by atoms with E-state index in [1.165, 1.54) is 0 Å². The van der Waals surface area contributed by atoms with Gasteiger partial charge in [-0.25, -0.2) is 4.98 Å². The van der Waals surface area contributed by atoms with Crippen LogP contribution in [0.5, 0.6) is 0 Å². The maximum atomic E-state index is 11.7. The van der Waals surface area contributed by atoms with Crippen LogP contribution >= 0.6 is 15.9 Å². The van der Waals surface area contributed by atoms with E-state index >= 15 is 0 Å². The van der Waals surface area contributed by atoms with Gasteiger partial charge in [-0.3, -0.25) is 4.79 Å². The van der Waals surface area contributed by atoms with Crippen LogP contribution in [0.15, 0.2) is 24.5 Å². The second kappa shape index (κ2) is 4.14. The van der Waals surface area contributed by atoms with E-state index in [0.29, 0.717) is 17.8 Å². The van der Waals surface area contributed by atoms with Crippen molar-refractivity contribution >= 4 is 32.9 Å². The molecule has 0 aromatic carbocycles. The number of carbonyl (C=O) groups is 1. The molecule has 0 aliphatic carbocycles. The number of likely N-dealkylation sites (tertiary alicyclic amines) is 1. The molecule has 1 aliphatic heterocycles. The summed E-state index contributed by atoms with van der Waals surface area (Å²) in [5, 5.41) is 1.09. The lowest BCUT2D eigenvalue weighted by Gasteiger charge is -2.15. The Labute approximate surface area is 107 Å². The molecule has 0 radical (unpaired) electrons. The summed E-state index contributed by atoms with van der Waals surface area (Å²) in [5.74, 6) is 0.209. The van der Waals surface area contributed by atoms with Crippen LogP contribution in [-0.2, 0) is 11.3 Å². The van der Waals surface area contributed by atoms with Gasteiger partial charge in [0.25, 0.3) is 0 Å². The van der Waals surface area contributed by atoms with Gasteiger partial charge in [0, 0.05) is 42.1 Å². The van der Waals surface area contributed by atoms with Gasteiger partial charge in [-0.2, -0.15) is 0 Å². The molecule has 1 amide bonds. The molecule has 1 N–H and O–H groups in total. The minimum atomic E-state index is 0.209. The predicted molar refractivity (Wildman–Crippen MR) is 68.8 cm³/mol. The highest BCUT2D eigenvalue weighted by atomic mass is 79.9. The summed E-state index contributed by atoms with van der Waals surface area (Å²) in [6.07, 6.45) is 4.30. The van der Waals surface area contributed by atoms with Gasteiger partial charge in [0.1, 0.15) is 5.65 Å². The lowest BCUT2D eigenvalue weighted by molar-refractivity contribution is -0.128. The Kier molecular flexibility index (Phi) is 2.63. The molecule has 17 heavy (non-hydrogen) atoms. The molecule has 1 atom stereocenters. The third-order valence-corrected chi connectivity index (χ3v) is 3.61. The molecule has 4 nitrogen and oxygen atoms in total. The summed E-state index contributed by atoms with van der Waals surface area (Å²) < 4.78 is 0. The van der Waals surface area contributed by atoms with Crippen LogP contribution in [0.1, 0.15) is 12.0 Å². The molecular formula is C12H12BrN3O. The molecule has 1 saturated heterocycles. The van der Waals surface area contributed by atoms with Gasteiger partial charge in [0.15, 0.2) is 0 Å². The van der Waals surface area contributed by atoms with Crippen molar-refractivity contribution in [2.45, 2.75) is 17.8 Å². The number of fused-ring (bicyclic) bond motifs is 1. The number of alkyl halides is 1. The van der Waals surface area contributed by atoms with E-state index in [1.807, 2.05) is 23.4 Å². The number of aromatic amines is 1. The maximum absolute atomic E-state index is 11.7. The van der Waals surface area contributed by atoms with Crippen molar-refractivity contribution in [2.75, 3.05) is 6.54 Å². The topological polar surface area (TPSA) is 49.0 Å². The maximum Gasteiger partial charge on any atom is 0.224 e. The van der Waals surface area contributed by atoms with Crippen LogP contribution in [0.25, 0.3) is 11.0 Å². The average Bonchev–Trinajstić information content (AvgIpc) is 2.85. The highest BCUT2D eigenvalue weighted by Crippen LogP contribution is 2.21. The average molecular weight is 294 g/mol. The van der Waals surface area contributed by atoms with Crippen LogP contribution in [0.4, 0.5) is 0 Å². The zero-order valence-corrected chi connectivity index (χ0v) is 10.8. The summed E-state index contributed by atoms with van der Waals surface area (Å²) in [7, 11) is 0. The van der Waals surface area contributed by atoms with Crippen molar-refractivity contribution in [3.8, 4) is 0 Å². The number of carbonyl (C=O) groups excluding carboxylic acids is 1. The smallest absolute Gasteiger partial charge is 0.224 e. The number of amides is 1. The van der Waals surface area contributed by atoms with Gasteiger partial charge in [-0.1, -0.05) is 15.9 Å². The number of nitrogens with one attached hydrogen (secondary N) is 1. The molecule has 5 heteroatoms. The number of nitrogens with zero attached hydrogens (tertiary/aromatic N) is 2. The molecule has 2 aromatic heterocycles. The summed E-state index contributed by atoms with van der Waals surface area (Å²) in [6.45, 7) is 1.43. The number of aromatic nitrogens is 2. The van der Waals surface area contributed by atoms with Crippen molar-refractivity contribution in [3.05, 3.63) is 30.1 Å². The van der Waals surface area contributed by atoms with Crippen molar-refractivity contribution in [1.29, 1.82) is 0 Å². The Balaban J connectivity index is 1.82. The number of hydrogen-bond donors (Lipinski definition) is 1. The van der Waals surface area contributed by atoms with E-state index in [0.717, 1.165) is 23.1 Å². The van der Waals surface area contributed by atoms with Crippen LogP contribution in [0.3, 0.4) is 0 Å². The van der Waals surface area contributed by atoms with Gasteiger partial charge in [-0.05, 0) is 17.7 Å². The zero-order chi connectivity index (χ0) is 11.8. The minimum Gasteiger partial charge on any atom is -0.346 e. The van der Waals surface area contributed by atoms with Crippen LogP contribution in [0.2, 0.25) is 0 Å². The summed E-state index contributed by atoms with van der Waals surface area (Å²) in [4.78, 5) is 21.2. The largest absolute Gasteiger partial charge is 0.346 e. The quantitative estimate of drug-likeness (QED) is 0.862. The first kappa shape index (κ1) is 10.8. The van der Waals surface area contributed by atoms with E-state index in [-0.39, 0.29) is 5.91 Å². The highest BCUT2D eigenvalue weighted by Gasteiger charge is 2.27. The van der Waals surface area contributed by atoms with Crippen LogP contribution in [0, 0.1) is 0 Å². The molecule has 1 fully saturated rings. The summed E-state index contributed by atoms with van der Waals surface area (Å²) in [6, 6.07) is 4.07.